The summed E-state index contributed by atoms with van der Waals surface area (Å²) in [6.45, 7) is 4.39. The number of aryl methyl sites for hydroxylation is 1. The van der Waals surface area contributed by atoms with E-state index >= 15 is 0 Å². The molecule has 1 saturated carbocycles. The summed E-state index contributed by atoms with van der Waals surface area (Å²) in [6, 6.07) is 14.0. The molecule has 2 N–H and O–H groups in total. The first-order valence-electron chi connectivity index (χ1n) is 8.69. The molecule has 0 radical (unpaired) electrons. The fourth-order valence-corrected chi connectivity index (χ4v) is 6.58. The second kappa shape index (κ2) is 7.51. The maximum atomic E-state index is 13.4. The molecule has 0 heterocycles. The van der Waals surface area contributed by atoms with Gasteiger partial charge in [-0.2, -0.15) is 0 Å². The van der Waals surface area contributed by atoms with Gasteiger partial charge < -0.3 is 10.5 Å². The van der Waals surface area contributed by atoms with Gasteiger partial charge in [-0.3, -0.25) is 0 Å². The molecule has 1 fully saturated rings. The first kappa shape index (κ1) is 20.3. The lowest BCUT2D eigenvalue weighted by molar-refractivity contribution is 0.121. The molecule has 0 bridgehead atoms. The highest BCUT2D eigenvalue weighted by Crippen LogP contribution is 2.64. The topological polar surface area (TPSA) is 69.4 Å². The molecule has 7 heteroatoms. The van der Waals surface area contributed by atoms with Crippen LogP contribution in [0.1, 0.15) is 24.0 Å². The molecule has 0 spiro atoms. The van der Waals surface area contributed by atoms with Crippen LogP contribution >= 0.6 is 23.8 Å². The normalized spacial score (nSPS) is 24.6. The molecule has 1 aliphatic rings. The molecule has 1 aliphatic carbocycles. The summed E-state index contributed by atoms with van der Waals surface area (Å²) < 4.78 is 32.5. The van der Waals surface area contributed by atoms with E-state index in [2.05, 4.69) is 0 Å². The Morgan fingerprint density at radius 3 is 2.30 bits per heavy atom. The van der Waals surface area contributed by atoms with Gasteiger partial charge in [-0.25, -0.2) is 8.42 Å². The number of halogens is 1. The van der Waals surface area contributed by atoms with E-state index in [1.54, 1.807) is 36.4 Å². The molecule has 2 aromatic rings. The van der Waals surface area contributed by atoms with Crippen molar-refractivity contribution in [2.24, 2.45) is 11.1 Å². The summed E-state index contributed by atoms with van der Waals surface area (Å²) in [5.74, 6) is -0.370. The quantitative estimate of drug-likeness (QED) is 0.684. The van der Waals surface area contributed by atoms with E-state index in [9.17, 15) is 8.42 Å². The van der Waals surface area contributed by atoms with E-state index in [1.165, 1.54) is 0 Å². The molecule has 2 aromatic carbocycles. The Bertz CT molecular complexity index is 942. The second-order valence-corrected chi connectivity index (χ2v) is 9.80. The van der Waals surface area contributed by atoms with Crippen LogP contribution in [0.15, 0.2) is 53.4 Å². The third-order valence-corrected chi connectivity index (χ3v) is 8.10. The van der Waals surface area contributed by atoms with Crippen LogP contribution in [0.2, 0.25) is 5.02 Å². The minimum absolute atomic E-state index is 0.164. The van der Waals surface area contributed by atoms with E-state index < -0.39 is 20.5 Å². The Hall–Kier alpha value is -1.47. The lowest BCUT2D eigenvalue weighted by Crippen LogP contribution is -2.33. The predicted octanol–water partition coefficient (Wildman–Crippen LogP) is 3.90. The third-order valence-electron chi connectivity index (χ3n) is 5.17. The van der Waals surface area contributed by atoms with Crippen LogP contribution in [0.3, 0.4) is 0 Å². The standard InChI is InChI=1S/C20H22ClNO3S2/c1-3-25-12-20(19(22)26)17(14-6-8-15(21)9-7-14)18(20)27(23,24)16-10-4-13(2)5-11-16/h4-11,17-18H,3,12H2,1-2H3,(H2,22,26)/t17-,18+,20-/m0/s1. The van der Waals surface area contributed by atoms with Crippen molar-refractivity contribution in [1.29, 1.82) is 0 Å². The predicted molar refractivity (Wildman–Crippen MR) is 112 cm³/mol. The van der Waals surface area contributed by atoms with Crippen molar-refractivity contribution in [1.82, 2.24) is 0 Å². The fourth-order valence-electron chi connectivity index (χ4n) is 3.69. The minimum Gasteiger partial charge on any atom is -0.393 e. The summed E-state index contributed by atoms with van der Waals surface area (Å²) in [5.41, 5.74) is 6.99. The zero-order valence-electron chi connectivity index (χ0n) is 15.2. The lowest BCUT2D eigenvalue weighted by Gasteiger charge is -2.17. The molecular weight excluding hydrogens is 402 g/mol. The monoisotopic (exact) mass is 423 g/mol. The van der Waals surface area contributed by atoms with Gasteiger partial charge in [0.15, 0.2) is 9.84 Å². The highest BCUT2D eigenvalue weighted by atomic mass is 35.5. The summed E-state index contributed by atoms with van der Waals surface area (Å²) in [6.07, 6.45) is 0. The highest BCUT2D eigenvalue weighted by Gasteiger charge is 2.73. The maximum Gasteiger partial charge on any atom is 0.182 e. The van der Waals surface area contributed by atoms with Crippen LogP contribution in [0.25, 0.3) is 0 Å². The van der Waals surface area contributed by atoms with Gasteiger partial charge in [-0.15, -0.1) is 0 Å². The van der Waals surface area contributed by atoms with Crippen molar-refractivity contribution in [2.75, 3.05) is 13.2 Å². The molecular formula is C20H22ClNO3S2. The number of thiocarbonyl (C=S) groups is 1. The summed E-state index contributed by atoms with van der Waals surface area (Å²) in [5, 5.41) is -0.180. The first-order chi connectivity index (χ1) is 12.7. The molecule has 0 amide bonds. The van der Waals surface area contributed by atoms with E-state index in [-0.39, 0.29) is 22.4 Å². The summed E-state index contributed by atoms with van der Waals surface area (Å²) >= 11 is 11.3. The van der Waals surface area contributed by atoms with Crippen LogP contribution in [0.4, 0.5) is 0 Å². The largest absolute Gasteiger partial charge is 0.393 e. The Morgan fingerprint density at radius 2 is 1.78 bits per heavy atom. The van der Waals surface area contributed by atoms with Crippen molar-refractivity contribution in [3.05, 3.63) is 64.7 Å². The Balaban J connectivity index is 2.10. The number of hydrogen-bond donors (Lipinski definition) is 1. The van der Waals surface area contributed by atoms with Crippen molar-refractivity contribution >= 4 is 38.6 Å². The van der Waals surface area contributed by atoms with Crippen LogP contribution in [-0.2, 0) is 14.6 Å². The molecule has 0 aromatic heterocycles. The van der Waals surface area contributed by atoms with E-state index in [0.717, 1.165) is 11.1 Å². The zero-order valence-corrected chi connectivity index (χ0v) is 17.6. The zero-order chi connectivity index (χ0) is 19.8. The van der Waals surface area contributed by atoms with Gasteiger partial charge in [-0.1, -0.05) is 53.6 Å². The molecule has 144 valence electrons. The van der Waals surface area contributed by atoms with Gasteiger partial charge >= 0.3 is 0 Å². The SMILES string of the molecule is CCOC[C@@]1(C(N)=S)[C@H](S(=O)(=O)c2ccc(C)cc2)[C@@H]1c1ccc(Cl)cc1. The van der Waals surface area contributed by atoms with Crippen LogP contribution < -0.4 is 5.73 Å². The molecule has 4 nitrogen and oxygen atoms in total. The number of hydrogen-bond acceptors (Lipinski definition) is 4. The molecule has 27 heavy (non-hydrogen) atoms. The number of sulfone groups is 1. The molecule has 3 atom stereocenters. The summed E-state index contributed by atoms with van der Waals surface area (Å²) in [7, 11) is -3.65. The van der Waals surface area contributed by atoms with E-state index in [4.69, 9.17) is 34.3 Å². The second-order valence-electron chi connectivity index (χ2n) is 6.85. The van der Waals surface area contributed by atoms with Crippen LogP contribution in [-0.4, -0.2) is 31.9 Å². The lowest BCUT2D eigenvalue weighted by atomic mass is 10.00. The van der Waals surface area contributed by atoms with Crippen LogP contribution in [0.5, 0.6) is 0 Å². The third kappa shape index (κ3) is 3.51. The Labute approximate surface area is 170 Å². The van der Waals surface area contributed by atoms with Crippen molar-refractivity contribution < 1.29 is 13.2 Å². The van der Waals surface area contributed by atoms with Gasteiger partial charge in [0.2, 0.25) is 0 Å². The van der Waals surface area contributed by atoms with Gasteiger partial charge in [-0.05, 0) is 43.7 Å². The Morgan fingerprint density at radius 1 is 1.19 bits per heavy atom. The van der Waals surface area contributed by atoms with Gasteiger partial charge in [0.25, 0.3) is 0 Å². The first-order valence-corrected chi connectivity index (χ1v) is 11.0. The molecule has 3 rings (SSSR count). The molecule has 0 unspecified atom stereocenters. The average Bonchev–Trinajstić information content (AvgIpc) is 3.32. The number of benzene rings is 2. The van der Waals surface area contributed by atoms with E-state index in [1.807, 2.05) is 26.0 Å². The summed E-state index contributed by atoms with van der Waals surface area (Å²) in [4.78, 5) is 0.434. The van der Waals surface area contributed by atoms with E-state index in [0.29, 0.717) is 11.6 Å². The minimum atomic E-state index is -3.65. The van der Waals surface area contributed by atoms with Crippen molar-refractivity contribution in [2.45, 2.75) is 29.9 Å². The van der Waals surface area contributed by atoms with Crippen molar-refractivity contribution in [3.8, 4) is 0 Å². The number of ether oxygens (including phenoxy) is 1. The fraction of sp³-hybridized carbons (Fsp3) is 0.350. The Kier molecular flexibility index (Phi) is 5.64. The number of rotatable bonds is 7. The maximum absolute atomic E-state index is 13.4. The van der Waals surface area contributed by atoms with Crippen molar-refractivity contribution in [3.63, 3.8) is 0 Å². The molecule has 0 aliphatic heterocycles. The molecule has 0 saturated heterocycles. The number of nitrogens with two attached hydrogens (primary N) is 1. The van der Waals surface area contributed by atoms with Crippen LogP contribution in [0, 0.1) is 12.3 Å². The highest BCUT2D eigenvalue weighted by molar-refractivity contribution is 7.92. The van der Waals surface area contributed by atoms with Gasteiger partial charge in [0, 0.05) is 17.5 Å². The smallest absolute Gasteiger partial charge is 0.182 e. The van der Waals surface area contributed by atoms with Gasteiger partial charge in [0.1, 0.15) is 0 Å². The average molecular weight is 424 g/mol. The van der Waals surface area contributed by atoms with Gasteiger partial charge in [0.05, 0.1) is 27.2 Å².